The summed E-state index contributed by atoms with van der Waals surface area (Å²) in [5.41, 5.74) is 7.48. The van der Waals surface area contributed by atoms with Crippen molar-refractivity contribution in [2.45, 2.75) is 112 Å². The maximum absolute atomic E-state index is 12.4. The SMILES string of the molecule is Nc1ncnc2c1C(C#CCNC(=O)CCCCCCC(=O)CCCC[C@@H]1SC[C@@H]3NC(=O)N[C@@H]31)=CC2[C@H]1C[C@H](O)[C@@H](COP(=O)(O)OP(=O)(O)OP(=O)(O)O)O1. The Bertz CT molecular complexity index is 1890. The number of allylic oxidation sites excluding steroid dienone is 1. The molecule has 57 heavy (non-hydrogen) atoms. The van der Waals surface area contributed by atoms with Crippen LogP contribution in [-0.2, 0) is 41.2 Å². The molecule has 21 nitrogen and oxygen atoms in total. The Hall–Kier alpha value is -2.73. The molecule has 5 rings (SSSR count). The van der Waals surface area contributed by atoms with Crippen LogP contribution in [0, 0.1) is 11.8 Å². The molecule has 1 aliphatic carbocycles. The second-order valence-corrected chi connectivity index (χ2v) is 19.6. The van der Waals surface area contributed by atoms with E-state index in [2.05, 4.69) is 50.9 Å². The van der Waals surface area contributed by atoms with E-state index in [-0.39, 0.29) is 48.6 Å². The van der Waals surface area contributed by atoms with Crippen molar-refractivity contribution in [3.63, 3.8) is 0 Å². The fourth-order valence-electron chi connectivity index (χ4n) is 7.05. The number of aromatic nitrogens is 2. The Morgan fingerprint density at radius 1 is 1.00 bits per heavy atom. The van der Waals surface area contributed by atoms with Crippen molar-refractivity contribution in [3.05, 3.63) is 23.7 Å². The predicted molar refractivity (Wildman–Crippen MR) is 204 cm³/mol. The minimum absolute atomic E-state index is 0.00942. The molecule has 4 aliphatic rings. The average molecular weight is 881 g/mol. The molecule has 0 bridgehead atoms. The number of ether oxygens (including phenoxy) is 1. The third-order valence-corrected chi connectivity index (χ3v) is 15.0. The number of thioether (sulfide) groups is 1. The highest BCUT2D eigenvalue weighted by atomic mass is 32.2. The molecule has 0 saturated carbocycles. The number of carbonyl (C=O) groups excluding carboxylic acids is 3. The molecule has 25 heteroatoms. The maximum Gasteiger partial charge on any atom is 0.490 e. The number of nitrogens with zero attached hydrogens (tertiary/aromatic N) is 2. The van der Waals surface area contributed by atoms with Crippen LogP contribution in [0.5, 0.6) is 0 Å². The topological polar surface area (TPSA) is 328 Å². The van der Waals surface area contributed by atoms with Crippen LogP contribution in [0.4, 0.5) is 10.6 Å². The van der Waals surface area contributed by atoms with E-state index >= 15 is 0 Å². The van der Waals surface area contributed by atoms with Gasteiger partial charge in [0, 0.05) is 48.2 Å². The van der Waals surface area contributed by atoms with Crippen LogP contribution in [0.3, 0.4) is 0 Å². The number of aliphatic hydroxyl groups is 1. The van der Waals surface area contributed by atoms with Crippen molar-refractivity contribution in [3.8, 4) is 11.8 Å². The summed E-state index contributed by atoms with van der Waals surface area (Å²) in [7, 11) is -16.7. The van der Waals surface area contributed by atoms with Crippen molar-refractivity contribution in [1.29, 1.82) is 0 Å². The highest BCUT2D eigenvalue weighted by Crippen LogP contribution is 2.66. The number of fused-ring (bicyclic) bond motifs is 2. The molecule has 3 saturated heterocycles. The third-order valence-electron chi connectivity index (χ3n) is 9.65. The third kappa shape index (κ3) is 13.7. The van der Waals surface area contributed by atoms with Crippen LogP contribution >= 0.6 is 35.2 Å². The number of Topliss-reactive ketones (excluding diaryl/α,β-unsaturated/α-hetero) is 1. The Labute approximate surface area is 332 Å². The molecule has 3 fully saturated rings. The van der Waals surface area contributed by atoms with E-state index < -0.39 is 54.3 Å². The highest BCUT2D eigenvalue weighted by Gasteiger charge is 2.45. The molecule has 316 valence electrons. The van der Waals surface area contributed by atoms with E-state index in [0.717, 1.165) is 44.3 Å². The number of hydrogen-bond acceptors (Lipinski definition) is 15. The molecular formula is C32H47N6O15P3S. The fraction of sp³-hybridized carbons (Fsp3) is 0.656. The number of aliphatic hydroxyl groups excluding tert-OH is 1. The van der Waals surface area contributed by atoms with E-state index in [9.17, 15) is 43.0 Å². The van der Waals surface area contributed by atoms with Crippen LogP contribution in [0.15, 0.2) is 12.4 Å². The van der Waals surface area contributed by atoms with Gasteiger partial charge in [-0.3, -0.25) is 14.1 Å². The zero-order valence-electron chi connectivity index (χ0n) is 30.6. The lowest BCUT2D eigenvalue weighted by Crippen LogP contribution is -2.36. The van der Waals surface area contributed by atoms with Crippen LogP contribution in [0.2, 0.25) is 0 Å². The standard InChI is InChI=1S/C32H47N6O15P3S/c33-31-28-19(8-7-13-34-27(41)12-4-2-1-3-9-20(39)10-5-6-11-26-30-22(17-57-26)37-32(42)38-30)14-21(29(28)35-18-36-31)24-15-23(40)25(51-24)16-50-55(46,47)53-56(48,49)52-54(43,44)45/h14,18,21-26,30,40H,1-6,9-13,15-17H2,(H,34,41)(H,46,47)(H,48,49)(H2,33,35,36)(H2,37,38,42)(H2,43,44,45)/t21?,22-,23-,24+,25+,26-,30-/m0/s1. The van der Waals surface area contributed by atoms with Crippen molar-refractivity contribution in [1.82, 2.24) is 25.9 Å². The summed E-state index contributed by atoms with van der Waals surface area (Å²) in [5, 5.41) is 19.7. The number of phosphoric ester groups is 1. The average Bonchev–Trinajstić information content (AvgIpc) is 3.87. The van der Waals surface area contributed by atoms with Gasteiger partial charge in [-0.25, -0.2) is 28.5 Å². The molecule has 1 aromatic rings. The van der Waals surface area contributed by atoms with Gasteiger partial charge >= 0.3 is 29.5 Å². The lowest BCUT2D eigenvalue weighted by molar-refractivity contribution is -0.121. The summed E-state index contributed by atoms with van der Waals surface area (Å²) in [6.07, 6.45) is 6.99. The molecule has 0 aromatic carbocycles. The first kappa shape index (κ1) is 45.4. The molecule has 3 amide bonds. The summed E-state index contributed by atoms with van der Waals surface area (Å²) >= 11 is 1.88. The first-order chi connectivity index (χ1) is 26.9. The number of unbranched alkanes of at least 4 members (excludes halogenated alkanes) is 4. The number of hydrogen-bond donors (Lipinski definition) is 9. The Morgan fingerprint density at radius 2 is 1.72 bits per heavy atom. The number of carbonyl (C=O) groups is 3. The molecule has 0 spiro atoms. The van der Waals surface area contributed by atoms with Gasteiger partial charge in [0.1, 0.15) is 24.0 Å². The fourth-order valence-corrected chi connectivity index (χ4v) is 11.6. The van der Waals surface area contributed by atoms with E-state index in [1.165, 1.54) is 6.33 Å². The summed E-state index contributed by atoms with van der Waals surface area (Å²) in [4.78, 5) is 81.1. The van der Waals surface area contributed by atoms with Gasteiger partial charge in [0.05, 0.1) is 48.7 Å². The highest BCUT2D eigenvalue weighted by molar-refractivity contribution is 8.00. The quantitative estimate of drug-likeness (QED) is 0.0370. The smallest absolute Gasteiger partial charge is 0.390 e. The zero-order valence-corrected chi connectivity index (χ0v) is 34.1. The lowest BCUT2D eigenvalue weighted by Gasteiger charge is -2.20. The monoisotopic (exact) mass is 880 g/mol. The van der Waals surface area contributed by atoms with E-state index in [1.54, 1.807) is 6.08 Å². The van der Waals surface area contributed by atoms with Crippen molar-refractivity contribution in [2.24, 2.45) is 0 Å². The maximum atomic E-state index is 12.4. The number of nitrogens with one attached hydrogen (secondary N) is 3. The first-order valence-electron chi connectivity index (χ1n) is 18.3. The molecule has 1 aromatic heterocycles. The van der Waals surface area contributed by atoms with Crippen molar-refractivity contribution < 1.29 is 70.6 Å². The molecule has 3 unspecified atom stereocenters. The Kier molecular flexibility index (Phi) is 15.9. The van der Waals surface area contributed by atoms with Crippen LogP contribution in [0.1, 0.15) is 87.8 Å². The van der Waals surface area contributed by atoms with Gasteiger partial charge in [-0.2, -0.15) is 20.4 Å². The van der Waals surface area contributed by atoms with Gasteiger partial charge in [-0.15, -0.1) is 0 Å². The molecule has 10 N–H and O–H groups in total. The Morgan fingerprint density at radius 3 is 2.46 bits per heavy atom. The number of nitrogen functional groups attached to an aromatic ring is 1. The second-order valence-electron chi connectivity index (χ2n) is 13.9. The lowest BCUT2D eigenvalue weighted by atomic mass is 9.97. The molecule has 0 radical (unpaired) electrons. The minimum atomic E-state index is -5.72. The first-order valence-corrected chi connectivity index (χ1v) is 23.9. The number of anilines is 1. The summed E-state index contributed by atoms with van der Waals surface area (Å²) in [6.45, 7) is -0.779. The number of urea groups is 1. The summed E-state index contributed by atoms with van der Waals surface area (Å²) in [6, 6.07) is 0.302. The van der Waals surface area contributed by atoms with Crippen molar-refractivity contribution in [2.75, 3.05) is 24.6 Å². The number of nitrogens with two attached hydrogens (primary N) is 1. The van der Waals surface area contributed by atoms with Gasteiger partial charge in [0.2, 0.25) is 5.91 Å². The van der Waals surface area contributed by atoms with Crippen LogP contribution < -0.4 is 21.7 Å². The molecule has 4 heterocycles. The zero-order chi connectivity index (χ0) is 41.4. The van der Waals surface area contributed by atoms with E-state index in [1.807, 2.05) is 11.8 Å². The molecular weight excluding hydrogens is 833 g/mol. The van der Waals surface area contributed by atoms with Gasteiger partial charge in [0.25, 0.3) is 0 Å². The summed E-state index contributed by atoms with van der Waals surface area (Å²) < 4.78 is 52.4. The largest absolute Gasteiger partial charge is 0.490 e. The van der Waals surface area contributed by atoms with Crippen molar-refractivity contribution >= 4 is 64.3 Å². The van der Waals surface area contributed by atoms with Crippen LogP contribution in [-0.4, -0.2) is 107 Å². The number of amides is 3. The Balaban J connectivity index is 0.985. The van der Waals surface area contributed by atoms with Gasteiger partial charge in [-0.05, 0) is 25.7 Å². The van der Waals surface area contributed by atoms with Gasteiger partial charge < -0.3 is 51.1 Å². The summed E-state index contributed by atoms with van der Waals surface area (Å²) in [5.74, 6) is 6.40. The van der Waals surface area contributed by atoms with Crippen LogP contribution in [0.25, 0.3) is 5.57 Å². The minimum Gasteiger partial charge on any atom is -0.390 e. The second kappa shape index (κ2) is 20.0. The number of phosphoric acid groups is 3. The van der Waals surface area contributed by atoms with Gasteiger partial charge in [0.15, 0.2) is 0 Å². The van der Waals surface area contributed by atoms with Gasteiger partial charge in [-0.1, -0.05) is 37.2 Å². The number of rotatable bonds is 21. The van der Waals surface area contributed by atoms with E-state index in [0.29, 0.717) is 47.8 Å². The molecule has 3 aliphatic heterocycles. The van der Waals surface area contributed by atoms with E-state index in [4.69, 9.17) is 20.3 Å². The normalized spacial score (nSPS) is 27.2. The molecule has 9 atom stereocenters. The predicted octanol–water partition coefficient (Wildman–Crippen LogP) is 2.16. The number of ketones is 1.